The van der Waals surface area contributed by atoms with Gasteiger partial charge in [0.05, 0.1) is 6.10 Å². The van der Waals surface area contributed by atoms with Crippen molar-refractivity contribution in [3.8, 4) is 0 Å². The van der Waals surface area contributed by atoms with Crippen molar-refractivity contribution in [2.45, 2.75) is 51.6 Å². The van der Waals surface area contributed by atoms with Crippen LogP contribution < -0.4 is 5.43 Å². The average molecular weight is 303 g/mol. The standard InChI is InChI=1S/C17H25N3O2/c1-13(22-2)12-16(14-6-4-3-5-7-14)19-20-17(21)15-8-10-18-11-9-15/h8-11,13-14H,3-7,12H2,1-2H3,(H,20,21)/b19-16+. The number of hydrogen-bond donors (Lipinski definition) is 1. The summed E-state index contributed by atoms with van der Waals surface area (Å²) < 4.78 is 5.36. The molecule has 1 heterocycles. The van der Waals surface area contributed by atoms with Crippen LogP contribution in [0.15, 0.2) is 29.6 Å². The Hall–Kier alpha value is -1.75. The monoisotopic (exact) mass is 303 g/mol. The van der Waals surface area contributed by atoms with Gasteiger partial charge in [0.25, 0.3) is 5.91 Å². The molecular weight excluding hydrogens is 278 g/mol. The van der Waals surface area contributed by atoms with Gasteiger partial charge in [0.1, 0.15) is 0 Å². The van der Waals surface area contributed by atoms with Crippen LogP contribution in [0.2, 0.25) is 0 Å². The van der Waals surface area contributed by atoms with Gasteiger partial charge in [0, 0.05) is 37.2 Å². The SMILES string of the molecule is COC(C)C/C(=N\NC(=O)c1ccncc1)C1CCCCC1. The molecule has 1 aliphatic rings. The number of nitrogens with zero attached hydrogens (tertiary/aromatic N) is 2. The summed E-state index contributed by atoms with van der Waals surface area (Å²) in [6, 6.07) is 3.37. The Kier molecular flexibility index (Phi) is 6.52. The largest absolute Gasteiger partial charge is 0.381 e. The Morgan fingerprint density at radius 3 is 2.68 bits per heavy atom. The van der Waals surface area contributed by atoms with Gasteiger partial charge in [-0.15, -0.1) is 0 Å². The highest BCUT2D eigenvalue weighted by molar-refractivity contribution is 5.95. The number of carbonyl (C=O) groups excluding carboxylic acids is 1. The minimum absolute atomic E-state index is 0.110. The summed E-state index contributed by atoms with van der Waals surface area (Å²) in [5, 5.41) is 4.43. The van der Waals surface area contributed by atoms with Crippen molar-refractivity contribution in [3.63, 3.8) is 0 Å². The van der Waals surface area contributed by atoms with E-state index in [-0.39, 0.29) is 12.0 Å². The molecule has 22 heavy (non-hydrogen) atoms. The minimum Gasteiger partial charge on any atom is -0.381 e. The van der Waals surface area contributed by atoms with E-state index in [1.807, 2.05) is 6.92 Å². The maximum absolute atomic E-state index is 12.1. The summed E-state index contributed by atoms with van der Waals surface area (Å²) in [4.78, 5) is 16.0. The van der Waals surface area contributed by atoms with Gasteiger partial charge in [-0.2, -0.15) is 5.10 Å². The molecule has 1 aromatic heterocycles. The summed E-state index contributed by atoms with van der Waals surface area (Å²) in [7, 11) is 1.71. The first-order chi connectivity index (χ1) is 10.7. The van der Waals surface area contributed by atoms with E-state index < -0.39 is 0 Å². The van der Waals surface area contributed by atoms with Crippen LogP contribution in [-0.2, 0) is 4.74 Å². The zero-order chi connectivity index (χ0) is 15.8. The number of amides is 1. The third kappa shape index (κ3) is 4.91. The molecule has 0 aromatic carbocycles. The smallest absolute Gasteiger partial charge is 0.271 e. The number of hydrogen-bond acceptors (Lipinski definition) is 4. The summed E-state index contributed by atoms with van der Waals surface area (Å²) in [5.74, 6) is 0.268. The van der Waals surface area contributed by atoms with E-state index in [2.05, 4.69) is 15.5 Å². The Labute approximate surface area is 132 Å². The number of aromatic nitrogens is 1. The zero-order valence-electron chi connectivity index (χ0n) is 13.4. The molecule has 1 saturated carbocycles. The van der Waals surface area contributed by atoms with E-state index in [1.54, 1.807) is 31.6 Å². The normalized spacial score (nSPS) is 18.0. The number of ether oxygens (including phenoxy) is 1. The second-order valence-corrected chi connectivity index (χ2v) is 5.87. The lowest BCUT2D eigenvalue weighted by Gasteiger charge is -2.24. The van der Waals surface area contributed by atoms with E-state index in [4.69, 9.17) is 4.74 Å². The topological polar surface area (TPSA) is 63.6 Å². The molecular formula is C17H25N3O2. The van der Waals surface area contributed by atoms with Crippen LogP contribution >= 0.6 is 0 Å². The van der Waals surface area contributed by atoms with E-state index in [0.717, 1.165) is 25.0 Å². The Morgan fingerprint density at radius 1 is 1.36 bits per heavy atom. The highest BCUT2D eigenvalue weighted by Crippen LogP contribution is 2.26. The highest BCUT2D eigenvalue weighted by Gasteiger charge is 2.21. The Bertz CT molecular complexity index is 496. The van der Waals surface area contributed by atoms with Crippen LogP contribution in [0, 0.1) is 5.92 Å². The van der Waals surface area contributed by atoms with E-state index in [1.165, 1.54) is 19.3 Å². The van der Waals surface area contributed by atoms with Gasteiger partial charge >= 0.3 is 0 Å². The number of carbonyl (C=O) groups is 1. The van der Waals surface area contributed by atoms with Crippen molar-refractivity contribution in [2.24, 2.45) is 11.0 Å². The van der Waals surface area contributed by atoms with Crippen LogP contribution in [0.4, 0.5) is 0 Å². The van der Waals surface area contributed by atoms with E-state index in [0.29, 0.717) is 11.5 Å². The summed E-state index contributed by atoms with van der Waals surface area (Å²) in [6.45, 7) is 2.03. The van der Waals surface area contributed by atoms with Crippen molar-refractivity contribution in [2.75, 3.05) is 7.11 Å². The molecule has 2 rings (SSSR count). The van der Waals surface area contributed by atoms with Crippen molar-refractivity contribution < 1.29 is 9.53 Å². The van der Waals surface area contributed by atoms with Gasteiger partial charge < -0.3 is 4.74 Å². The maximum atomic E-state index is 12.1. The molecule has 0 bridgehead atoms. The number of methoxy groups -OCH3 is 1. The van der Waals surface area contributed by atoms with Crippen molar-refractivity contribution >= 4 is 11.6 Å². The van der Waals surface area contributed by atoms with E-state index in [9.17, 15) is 4.79 Å². The van der Waals surface area contributed by atoms with Crippen LogP contribution in [0.1, 0.15) is 55.8 Å². The molecule has 1 aromatic rings. The molecule has 0 spiro atoms. The Balaban J connectivity index is 2.04. The van der Waals surface area contributed by atoms with Gasteiger partial charge in [-0.1, -0.05) is 19.3 Å². The van der Waals surface area contributed by atoms with Gasteiger partial charge in [-0.25, -0.2) is 5.43 Å². The fourth-order valence-electron chi connectivity index (χ4n) is 2.81. The van der Waals surface area contributed by atoms with E-state index >= 15 is 0 Å². The molecule has 1 aliphatic carbocycles. The predicted molar refractivity (Wildman–Crippen MR) is 86.8 cm³/mol. The molecule has 0 aliphatic heterocycles. The average Bonchev–Trinajstić information content (AvgIpc) is 2.59. The van der Waals surface area contributed by atoms with Gasteiger partial charge in [-0.05, 0) is 37.8 Å². The Morgan fingerprint density at radius 2 is 2.05 bits per heavy atom. The van der Waals surface area contributed by atoms with Crippen LogP contribution in [0.3, 0.4) is 0 Å². The number of pyridine rings is 1. The quantitative estimate of drug-likeness (QED) is 0.648. The minimum atomic E-state index is -0.194. The first-order valence-corrected chi connectivity index (χ1v) is 8.00. The van der Waals surface area contributed by atoms with Crippen LogP contribution in [-0.4, -0.2) is 29.8 Å². The number of hydrazone groups is 1. The fourth-order valence-corrected chi connectivity index (χ4v) is 2.81. The molecule has 5 heteroatoms. The lowest BCUT2D eigenvalue weighted by Crippen LogP contribution is -2.27. The molecule has 0 saturated heterocycles. The second kappa shape index (κ2) is 8.63. The summed E-state index contributed by atoms with van der Waals surface area (Å²) in [6.07, 6.45) is 10.2. The second-order valence-electron chi connectivity index (χ2n) is 5.87. The molecule has 1 unspecified atom stereocenters. The fraction of sp³-hybridized carbons (Fsp3) is 0.588. The first kappa shape index (κ1) is 16.6. The number of nitrogens with one attached hydrogen (secondary N) is 1. The third-order valence-corrected chi connectivity index (χ3v) is 4.22. The number of rotatable bonds is 6. The highest BCUT2D eigenvalue weighted by atomic mass is 16.5. The first-order valence-electron chi connectivity index (χ1n) is 8.00. The summed E-state index contributed by atoms with van der Waals surface area (Å²) >= 11 is 0. The van der Waals surface area contributed by atoms with Gasteiger partial charge in [-0.3, -0.25) is 9.78 Å². The summed E-state index contributed by atoms with van der Waals surface area (Å²) in [5.41, 5.74) is 4.31. The lowest BCUT2D eigenvalue weighted by atomic mass is 9.84. The van der Waals surface area contributed by atoms with Crippen LogP contribution in [0.25, 0.3) is 0 Å². The third-order valence-electron chi connectivity index (χ3n) is 4.22. The zero-order valence-corrected chi connectivity index (χ0v) is 13.4. The molecule has 5 nitrogen and oxygen atoms in total. The molecule has 1 N–H and O–H groups in total. The lowest BCUT2D eigenvalue weighted by molar-refractivity contribution is 0.0952. The van der Waals surface area contributed by atoms with Gasteiger partial charge in [0.15, 0.2) is 0 Å². The molecule has 0 radical (unpaired) electrons. The predicted octanol–water partition coefficient (Wildman–Crippen LogP) is 3.17. The molecule has 1 fully saturated rings. The van der Waals surface area contributed by atoms with Crippen molar-refractivity contribution in [3.05, 3.63) is 30.1 Å². The maximum Gasteiger partial charge on any atom is 0.271 e. The van der Waals surface area contributed by atoms with Gasteiger partial charge in [0.2, 0.25) is 0 Å². The van der Waals surface area contributed by atoms with Crippen molar-refractivity contribution in [1.82, 2.24) is 10.4 Å². The van der Waals surface area contributed by atoms with Crippen LogP contribution in [0.5, 0.6) is 0 Å². The van der Waals surface area contributed by atoms with Crippen molar-refractivity contribution in [1.29, 1.82) is 0 Å². The molecule has 120 valence electrons. The molecule has 1 amide bonds. The molecule has 1 atom stereocenters.